The molecule has 2 atom stereocenters. The topological polar surface area (TPSA) is 46.5 Å². The molecule has 1 N–H and O–H groups in total. The summed E-state index contributed by atoms with van der Waals surface area (Å²) in [7, 11) is 0. The molecule has 0 aliphatic heterocycles. The minimum absolute atomic E-state index is 0.0358. The van der Waals surface area contributed by atoms with Gasteiger partial charge in [-0.3, -0.25) is 4.79 Å². The average Bonchev–Trinajstić information content (AvgIpc) is 2.42. The zero-order valence-corrected chi connectivity index (χ0v) is 12.4. The molecule has 0 radical (unpaired) electrons. The largest absolute Gasteiger partial charge is 0.481 e. The number of rotatable bonds is 10. The van der Waals surface area contributed by atoms with E-state index in [0.29, 0.717) is 0 Å². The van der Waals surface area contributed by atoms with Crippen molar-refractivity contribution in [1.82, 2.24) is 0 Å². The van der Waals surface area contributed by atoms with E-state index in [-0.39, 0.29) is 12.0 Å². The predicted octanol–water partition coefficient (Wildman–Crippen LogP) is 4.40. The lowest BCUT2D eigenvalue weighted by molar-refractivity contribution is -0.149. The number of carboxylic acid groups (broad SMARTS) is 1. The minimum Gasteiger partial charge on any atom is -0.481 e. The Balaban J connectivity index is 2.02. The fraction of sp³-hybridized carbons (Fsp3) is 0.938. The highest BCUT2D eigenvalue weighted by atomic mass is 16.5. The SMILES string of the molecule is CCCCCCCCCOC1CCCCC1C(=O)O. The Labute approximate surface area is 117 Å². The van der Waals surface area contributed by atoms with Crippen molar-refractivity contribution < 1.29 is 14.6 Å². The summed E-state index contributed by atoms with van der Waals surface area (Å²) in [6.07, 6.45) is 12.7. The molecule has 3 heteroatoms. The first-order valence-electron chi connectivity index (χ1n) is 8.10. The highest BCUT2D eigenvalue weighted by Crippen LogP contribution is 2.27. The Hall–Kier alpha value is -0.570. The van der Waals surface area contributed by atoms with Crippen LogP contribution in [0.2, 0.25) is 0 Å². The maximum atomic E-state index is 11.1. The summed E-state index contributed by atoms with van der Waals surface area (Å²) in [6.45, 7) is 2.97. The quantitative estimate of drug-likeness (QED) is 0.599. The van der Waals surface area contributed by atoms with Crippen molar-refractivity contribution in [3.8, 4) is 0 Å². The van der Waals surface area contributed by atoms with E-state index in [1.165, 1.54) is 38.5 Å². The van der Waals surface area contributed by atoms with Crippen molar-refractivity contribution >= 4 is 5.97 Å². The second kappa shape index (κ2) is 10.2. The van der Waals surface area contributed by atoms with Crippen LogP contribution in [0.15, 0.2) is 0 Å². The average molecular weight is 270 g/mol. The molecule has 0 bridgehead atoms. The molecule has 0 amide bonds. The van der Waals surface area contributed by atoms with Gasteiger partial charge < -0.3 is 9.84 Å². The summed E-state index contributed by atoms with van der Waals surface area (Å²) in [4.78, 5) is 11.1. The van der Waals surface area contributed by atoms with Crippen molar-refractivity contribution in [2.45, 2.75) is 83.7 Å². The molecule has 0 spiro atoms. The van der Waals surface area contributed by atoms with Gasteiger partial charge in [0, 0.05) is 6.61 Å². The molecule has 19 heavy (non-hydrogen) atoms. The van der Waals surface area contributed by atoms with Crippen molar-refractivity contribution in [1.29, 1.82) is 0 Å². The first kappa shape index (κ1) is 16.5. The lowest BCUT2D eigenvalue weighted by atomic mass is 9.86. The van der Waals surface area contributed by atoms with Crippen LogP contribution in [0.4, 0.5) is 0 Å². The highest BCUT2D eigenvalue weighted by Gasteiger charge is 2.31. The van der Waals surface area contributed by atoms with Crippen LogP contribution in [0.3, 0.4) is 0 Å². The summed E-state index contributed by atoms with van der Waals surface area (Å²) < 4.78 is 5.80. The molecule has 1 fully saturated rings. The number of ether oxygens (including phenoxy) is 1. The van der Waals surface area contributed by atoms with Gasteiger partial charge in [-0.2, -0.15) is 0 Å². The molecule has 0 saturated heterocycles. The van der Waals surface area contributed by atoms with Gasteiger partial charge in [-0.15, -0.1) is 0 Å². The molecule has 112 valence electrons. The summed E-state index contributed by atoms with van der Waals surface area (Å²) in [6, 6.07) is 0. The third-order valence-corrected chi connectivity index (χ3v) is 4.10. The number of hydrogen-bond acceptors (Lipinski definition) is 2. The van der Waals surface area contributed by atoms with Crippen LogP contribution in [0.5, 0.6) is 0 Å². The molecule has 2 unspecified atom stereocenters. The van der Waals surface area contributed by atoms with Crippen LogP contribution in [0.25, 0.3) is 0 Å². The summed E-state index contributed by atoms with van der Waals surface area (Å²) in [5.41, 5.74) is 0. The van der Waals surface area contributed by atoms with E-state index in [4.69, 9.17) is 9.84 Å². The van der Waals surface area contributed by atoms with Gasteiger partial charge in [-0.1, -0.05) is 58.3 Å². The Kier molecular flexibility index (Phi) is 8.89. The second-order valence-electron chi connectivity index (χ2n) is 5.76. The van der Waals surface area contributed by atoms with Crippen molar-refractivity contribution in [2.24, 2.45) is 5.92 Å². The van der Waals surface area contributed by atoms with Gasteiger partial charge in [-0.25, -0.2) is 0 Å². The van der Waals surface area contributed by atoms with Crippen molar-refractivity contribution in [3.63, 3.8) is 0 Å². The first-order valence-corrected chi connectivity index (χ1v) is 8.10. The molecule has 3 nitrogen and oxygen atoms in total. The Morgan fingerprint density at radius 1 is 1.05 bits per heavy atom. The third-order valence-electron chi connectivity index (χ3n) is 4.10. The first-order chi connectivity index (χ1) is 9.25. The number of aliphatic carboxylic acids is 1. The minimum atomic E-state index is -0.677. The van der Waals surface area contributed by atoms with Gasteiger partial charge in [0.25, 0.3) is 0 Å². The molecule has 0 aromatic heterocycles. The van der Waals surface area contributed by atoms with Gasteiger partial charge in [0.05, 0.1) is 12.0 Å². The van der Waals surface area contributed by atoms with E-state index in [2.05, 4.69) is 6.92 Å². The van der Waals surface area contributed by atoms with Crippen LogP contribution in [0.1, 0.15) is 77.6 Å². The molecule has 1 rings (SSSR count). The predicted molar refractivity (Wildman–Crippen MR) is 77.3 cm³/mol. The normalized spacial score (nSPS) is 23.4. The Morgan fingerprint density at radius 3 is 2.37 bits per heavy atom. The van der Waals surface area contributed by atoms with Crippen LogP contribution in [0, 0.1) is 5.92 Å². The Bertz CT molecular complexity index is 240. The molecular weight excluding hydrogens is 240 g/mol. The lowest BCUT2D eigenvalue weighted by Gasteiger charge is -2.28. The van der Waals surface area contributed by atoms with Gasteiger partial charge in [0.1, 0.15) is 0 Å². The van der Waals surface area contributed by atoms with Crippen LogP contribution < -0.4 is 0 Å². The van der Waals surface area contributed by atoms with Crippen LogP contribution in [-0.2, 0) is 9.53 Å². The fourth-order valence-corrected chi connectivity index (χ4v) is 2.87. The van der Waals surface area contributed by atoms with Gasteiger partial charge >= 0.3 is 5.97 Å². The lowest BCUT2D eigenvalue weighted by Crippen LogP contribution is -2.33. The second-order valence-corrected chi connectivity index (χ2v) is 5.76. The van der Waals surface area contributed by atoms with E-state index < -0.39 is 5.97 Å². The highest BCUT2D eigenvalue weighted by molar-refractivity contribution is 5.70. The molecular formula is C16H30O3. The van der Waals surface area contributed by atoms with E-state index in [1.807, 2.05) is 0 Å². The summed E-state index contributed by atoms with van der Waals surface area (Å²) in [5.74, 6) is -0.942. The molecule has 0 heterocycles. The van der Waals surface area contributed by atoms with E-state index in [0.717, 1.165) is 38.7 Å². The number of carbonyl (C=O) groups is 1. The number of carboxylic acids is 1. The smallest absolute Gasteiger partial charge is 0.309 e. The maximum absolute atomic E-state index is 11.1. The maximum Gasteiger partial charge on any atom is 0.309 e. The zero-order chi connectivity index (χ0) is 13.9. The van der Waals surface area contributed by atoms with Crippen LogP contribution in [-0.4, -0.2) is 23.8 Å². The number of unbranched alkanes of at least 4 members (excludes halogenated alkanes) is 6. The molecule has 1 aliphatic carbocycles. The fourth-order valence-electron chi connectivity index (χ4n) is 2.87. The van der Waals surface area contributed by atoms with E-state index in [9.17, 15) is 4.79 Å². The molecule has 1 aliphatic rings. The third kappa shape index (κ3) is 6.95. The number of hydrogen-bond donors (Lipinski definition) is 1. The molecule has 0 aromatic carbocycles. The Morgan fingerprint density at radius 2 is 1.68 bits per heavy atom. The molecule has 0 aromatic rings. The van der Waals surface area contributed by atoms with Gasteiger partial charge in [0.15, 0.2) is 0 Å². The van der Waals surface area contributed by atoms with Gasteiger partial charge in [-0.05, 0) is 19.3 Å². The standard InChI is InChI=1S/C16H30O3/c1-2-3-4-5-6-7-10-13-19-15-12-9-8-11-14(15)16(17)18/h14-15H,2-13H2,1H3,(H,17,18). The van der Waals surface area contributed by atoms with E-state index in [1.54, 1.807) is 0 Å². The van der Waals surface area contributed by atoms with Crippen molar-refractivity contribution in [3.05, 3.63) is 0 Å². The summed E-state index contributed by atoms with van der Waals surface area (Å²) >= 11 is 0. The van der Waals surface area contributed by atoms with Gasteiger partial charge in [0.2, 0.25) is 0 Å². The zero-order valence-electron chi connectivity index (χ0n) is 12.4. The van der Waals surface area contributed by atoms with Crippen molar-refractivity contribution in [2.75, 3.05) is 6.61 Å². The monoisotopic (exact) mass is 270 g/mol. The van der Waals surface area contributed by atoms with E-state index >= 15 is 0 Å². The summed E-state index contributed by atoms with van der Waals surface area (Å²) in [5, 5.41) is 9.15. The van der Waals surface area contributed by atoms with Crippen LogP contribution >= 0.6 is 0 Å². The molecule has 1 saturated carbocycles.